The van der Waals surface area contributed by atoms with Gasteiger partial charge in [0.1, 0.15) is 5.75 Å². The minimum Gasteiger partial charge on any atom is -0.495 e. The Hall–Kier alpha value is -2.41. The van der Waals surface area contributed by atoms with Crippen LogP contribution in [-0.4, -0.2) is 30.5 Å². The Morgan fingerprint density at radius 1 is 1.33 bits per heavy atom. The third-order valence-electron chi connectivity index (χ3n) is 5.20. The Morgan fingerprint density at radius 3 is 2.93 bits per heavy atom. The molecule has 1 unspecified atom stereocenters. The number of hydrogen-bond donors (Lipinski definition) is 1. The van der Waals surface area contributed by atoms with Gasteiger partial charge in [0, 0.05) is 17.8 Å². The van der Waals surface area contributed by atoms with E-state index in [2.05, 4.69) is 10.3 Å². The molecule has 2 heterocycles. The normalized spacial score (nSPS) is 19.1. The smallest absolute Gasteiger partial charge is 0.231 e. The van der Waals surface area contributed by atoms with Crippen LogP contribution in [-0.2, 0) is 22.4 Å². The van der Waals surface area contributed by atoms with Crippen molar-refractivity contribution in [2.45, 2.75) is 39.0 Å². The third kappa shape index (κ3) is 3.56. The largest absolute Gasteiger partial charge is 0.495 e. The highest BCUT2D eigenvalue weighted by Crippen LogP contribution is 2.35. The van der Waals surface area contributed by atoms with E-state index in [9.17, 15) is 9.59 Å². The first kappa shape index (κ1) is 18.0. The topological polar surface area (TPSA) is 71.5 Å². The zero-order valence-electron chi connectivity index (χ0n) is 15.6. The van der Waals surface area contributed by atoms with Crippen molar-refractivity contribution in [1.29, 1.82) is 0 Å². The molecule has 1 fully saturated rings. The molecule has 2 amide bonds. The third-order valence-corrected chi connectivity index (χ3v) is 6.27. The molecule has 1 atom stereocenters. The fraction of sp³-hybridized carbons (Fsp3) is 0.450. The molecule has 1 aliphatic heterocycles. The van der Waals surface area contributed by atoms with Crippen LogP contribution in [0.1, 0.15) is 35.4 Å². The van der Waals surface area contributed by atoms with Gasteiger partial charge in [-0.2, -0.15) is 0 Å². The predicted molar refractivity (Wildman–Crippen MR) is 106 cm³/mol. The molecule has 7 heteroatoms. The van der Waals surface area contributed by atoms with Gasteiger partial charge in [-0.05, 0) is 50.3 Å². The van der Waals surface area contributed by atoms with Gasteiger partial charge in [0.05, 0.1) is 24.4 Å². The highest BCUT2D eigenvalue weighted by Gasteiger charge is 2.36. The van der Waals surface area contributed by atoms with Crippen LogP contribution >= 0.6 is 11.3 Å². The van der Waals surface area contributed by atoms with E-state index in [1.807, 2.05) is 25.1 Å². The second-order valence-corrected chi connectivity index (χ2v) is 8.25. The van der Waals surface area contributed by atoms with Crippen molar-refractivity contribution in [3.05, 3.63) is 34.3 Å². The molecule has 2 aromatic rings. The minimum absolute atomic E-state index is 0.0579. The number of fused-ring (bicyclic) bond motifs is 1. The van der Waals surface area contributed by atoms with Crippen molar-refractivity contribution in [1.82, 2.24) is 4.98 Å². The van der Waals surface area contributed by atoms with Gasteiger partial charge in [-0.1, -0.05) is 6.07 Å². The van der Waals surface area contributed by atoms with Crippen LogP contribution in [0.2, 0.25) is 0 Å². The van der Waals surface area contributed by atoms with Gasteiger partial charge in [0.25, 0.3) is 0 Å². The van der Waals surface area contributed by atoms with Crippen LogP contribution in [0, 0.1) is 12.8 Å². The Morgan fingerprint density at radius 2 is 2.15 bits per heavy atom. The number of thiazole rings is 1. The van der Waals surface area contributed by atoms with Crippen LogP contribution in [0.4, 0.5) is 10.8 Å². The number of methoxy groups -OCH3 is 1. The number of nitrogens with zero attached hydrogens (tertiary/aromatic N) is 2. The van der Waals surface area contributed by atoms with Gasteiger partial charge >= 0.3 is 0 Å². The molecular weight excluding hydrogens is 362 g/mol. The summed E-state index contributed by atoms with van der Waals surface area (Å²) >= 11 is 1.57. The van der Waals surface area contributed by atoms with Gasteiger partial charge in [-0.15, -0.1) is 11.3 Å². The first-order chi connectivity index (χ1) is 13.0. The average Bonchev–Trinajstić information content (AvgIpc) is 3.24. The van der Waals surface area contributed by atoms with Crippen molar-refractivity contribution < 1.29 is 14.3 Å². The summed E-state index contributed by atoms with van der Waals surface area (Å²) in [6, 6.07) is 5.72. The van der Waals surface area contributed by atoms with E-state index in [1.165, 1.54) is 11.3 Å². The SMILES string of the molecule is COc1ccc(C)cc1N1CC(C(=O)Nc2nc3c(s2)CCCC3)CC1=O. The lowest BCUT2D eigenvalue weighted by atomic mass is 10.0. The lowest BCUT2D eigenvalue weighted by Crippen LogP contribution is -2.28. The highest BCUT2D eigenvalue weighted by atomic mass is 32.1. The molecule has 0 saturated carbocycles. The second-order valence-electron chi connectivity index (χ2n) is 7.17. The molecule has 4 rings (SSSR count). The lowest BCUT2D eigenvalue weighted by molar-refractivity contribution is -0.122. The van der Waals surface area contributed by atoms with Crippen LogP contribution < -0.4 is 15.0 Å². The van der Waals surface area contributed by atoms with Crippen LogP contribution in [0.25, 0.3) is 0 Å². The summed E-state index contributed by atoms with van der Waals surface area (Å²) in [5.41, 5.74) is 2.89. The number of carbonyl (C=O) groups excluding carboxylic acids is 2. The first-order valence-corrected chi connectivity index (χ1v) is 10.1. The molecule has 1 aromatic heterocycles. The molecule has 1 N–H and O–H groups in total. The summed E-state index contributed by atoms with van der Waals surface area (Å²) in [6.07, 6.45) is 4.59. The molecular formula is C20H23N3O3S. The number of amides is 2. The van der Waals surface area contributed by atoms with Crippen molar-refractivity contribution in [2.24, 2.45) is 5.92 Å². The molecule has 1 saturated heterocycles. The quantitative estimate of drug-likeness (QED) is 0.876. The van der Waals surface area contributed by atoms with Gasteiger partial charge in [0.2, 0.25) is 11.8 Å². The number of aromatic nitrogens is 1. The summed E-state index contributed by atoms with van der Waals surface area (Å²) in [6.45, 7) is 2.33. The van der Waals surface area contributed by atoms with E-state index in [4.69, 9.17) is 4.74 Å². The van der Waals surface area contributed by atoms with E-state index in [0.29, 0.717) is 17.4 Å². The highest BCUT2D eigenvalue weighted by molar-refractivity contribution is 7.15. The Balaban J connectivity index is 1.48. The fourth-order valence-corrected chi connectivity index (χ4v) is 4.79. The fourth-order valence-electron chi connectivity index (χ4n) is 3.74. The summed E-state index contributed by atoms with van der Waals surface area (Å²) in [5, 5.41) is 3.59. The molecule has 0 radical (unpaired) electrons. The summed E-state index contributed by atoms with van der Waals surface area (Å²) in [7, 11) is 1.59. The van der Waals surface area contributed by atoms with Crippen LogP contribution in [0.5, 0.6) is 5.75 Å². The van der Waals surface area contributed by atoms with E-state index in [1.54, 1.807) is 23.3 Å². The molecule has 27 heavy (non-hydrogen) atoms. The van der Waals surface area contributed by atoms with E-state index < -0.39 is 0 Å². The number of aryl methyl sites for hydroxylation is 3. The minimum atomic E-state index is -0.386. The zero-order valence-corrected chi connectivity index (χ0v) is 16.4. The maximum Gasteiger partial charge on any atom is 0.231 e. The van der Waals surface area contributed by atoms with Crippen molar-refractivity contribution in [3.8, 4) is 5.75 Å². The summed E-state index contributed by atoms with van der Waals surface area (Å²) in [5.74, 6) is 0.0623. The number of hydrogen-bond acceptors (Lipinski definition) is 5. The number of ether oxygens (including phenoxy) is 1. The molecule has 0 bridgehead atoms. The number of carbonyl (C=O) groups is 2. The van der Waals surface area contributed by atoms with E-state index in [0.717, 1.165) is 36.2 Å². The molecule has 2 aliphatic rings. The van der Waals surface area contributed by atoms with E-state index >= 15 is 0 Å². The number of benzene rings is 1. The van der Waals surface area contributed by atoms with Gasteiger partial charge in [0.15, 0.2) is 5.13 Å². The number of anilines is 2. The van der Waals surface area contributed by atoms with E-state index in [-0.39, 0.29) is 24.2 Å². The maximum atomic E-state index is 12.7. The summed E-state index contributed by atoms with van der Waals surface area (Å²) < 4.78 is 5.40. The molecule has 0 spiro atoms. The van der Waals surface area contributed by atoms with Crippen molar-refractivity contribution >= 4 is 34.0 Å². The molecule has 142 valence electrons. The Kier molecular flexibility index (Phi) is 4.86. The zero-order chi connectivity index (χ0) is 19.0. The average molecular weight is 385 g/mol. The van der Waals surface area contributed by atoms with Crippen molar-refractivity contribution in [2.75, 3.05) is 23.9 Å². The second kappa shape index (κ2) is 7.31. The van der Waals surface area contributed by atoms with Crippen molar-refractivity contribution in [3.63, 3.8) is 0 Å². The first-order valence-electron chi connectivity index (χ1n) is 9.29. The Bertz CT molecular complexity index is 869. The monoisotopic (exact) mass is 385 g/mol. The maximum absolute atomic E-state index is 12.7. The predicted octanol–water partition coefficient (Wildman–Crippen LogP) is 3.33. The molecule has 6 nitrogen and oxygen atoms in total. The summed E-state index contributed by atoms with van der Waals surface area (Å²) in [4.78, 5) is 32.8. The van der Waals surface area contributed by atoms with Gasteiger partial charge in [-0.25, -0.2) is 4.98 Å². The standard InChI is InChI=1S/C20H23N3O3S/c1-12-7-8-16(26-2)15(9-12)23-11-13(10-18(23)24)19(25)22-20-21-14-5-3-4-6-17(14)27-20/h7-9,13H,3-6,10-11H2,1-2H3,(H,21,22,25). The lowest BCUT2D eigenvalue weighted by Gasteiger charge is -2.20. The number of nitrogens with one attached hydrogen (secondary N) is 1. The molecule has 1 aliphatic carbocycles. The van der Waals surface area contributed by atoms with Gasteiger partial charge < -0.3 is 15.0 Å². The van der Waals surface area contributed by atoms with Gasteiger partial charge in [-0.3, -0.25) is 9.59 Å². The molecule has 1 aromatic carbocycles. The van der Waals surface area contributed by atoms with Crippen LogP contribution in [0.15, 0.2) is 18.2 Å². The number of rotatable bonds is 4. The van der Waals surface area contributed by atoms with Crippen LogP contribution in [0.3, 0.4) is 0 Å². The Labute approximate surface area is 162 Å².